The Labute approximate surface area is 204 Å². The number of nitrogens with one attached hydrogen (secondary N) is 2. The predicted octanol–water partition coefficient (Wildman–Crippen LogP) is 4.92. The van der Waals surface area contributed by atoms with Gasteiger partial charge in [0.1, 0.15) is 11.7 Å². The summed E-state index contributed by atoms with van der Waals surface area (Å²) in [7, 11) is 1.86. The van der Waals surface area contributed by atoms with E-state index in [0.717, 1.165) is 29.3 Å². The molecular formula is C28H28ClN3O2. The monoisotopic (exact) mass is 473 g/mol. The smallest absolute Gasteiger partial charge is 0.268 e. The molecule has 0 unspecified atom stereocenters. The number of halogens is 1. The highest BCUT2D eigenvalue weighted by Gasteiger charge is 2.23. The van der Waals surface area contributed by atoms with Crippen LogP contribution in [0, 0.1) is 0 Å². The highest BCUT2D eigenvalue weighted by atomic mass is 35.5. The first kappa shape index (κ1) is 23.6. The van der Waals surface area contributed by atoms with E-state index in [4.69, 9.17) is 11.6 Å². The van der Waals surface area contributed by atoms with E-state index in [2.05, 4.69) is 22.8 Å². The number of carbonyl (C=O) groups excluding carboxylic acids is 2. The molecule has 174 valence electrons. The Hall–Kier alpha value is -3.57. The maximum Gasteiger partial charge on any atom is 0.268 e. The van der Waals surface area contributed by atoms with Gasteiger partial charge in [-0.15, -0.1) is 0 Å². The van der Waals surface area contributed by atoms with Crippen molar-refractivity contribution in [3.8, 4) is 0 Å². The minimum Gasteiger partial charge on any atom is -0.354 e. The molecule has 0 saturated heterocycles. The zero-order valence-corrected chi connectivity index (χ0v) is 19.9. The Morgan fingerprint density at radius 3 is 2.35 bits per heavy atom. The van der Waals surface area contributed by atoms with Gasteiger partial charge in [-0.1, -0.05) is 72.3 Å². The average Bonchev–Trinajstić information content (AvgIpc) is 3.20. The molecule has 3 aromatic carbocycles. The molecule has 0 aliphatic carbocycles. The van der Waals surface area contributed by atoms with Crippen molar-refractivity contribution < 1.29 is 9.59 Å². The van der Waals surface area contributed by atoms with Crippen LogP contribution in [0.1, 0.15) is 28.0 Å². The van der Waals surface area contributed by atoms with Gasteiger partial charge in [-0.3, -0.25) is 9.59 Å². The first-order valence-electron chi connectivity index (χ1n) is 11.4. The molecule has 0 spiro atoms. The minimum absolute atomic E-state index is 0.199. The van der Waals surface area contributed by atoms with Gasteiger partial charge in [-0.25, -0.2) is 0 Å². The number of aryl methyl sites for hydroxylation is 2. The molecule has 6 heteroatoms. The van der Waals surface area contributed by atoms with Gasteiger partial charge in [0.2, 0.25) is 5.91 Å². The fourth-order valence-electron chi connectivity index (χ4n) is 4.08. The number of carbonyl (C=O) groups is 2. The molecule has 0 saturated carbocycles. The highest BCUT2D eigenvalue weighted by molar-refractivity contribution is 6.30. The predicted molar refractivity (Wildman–Crippen MR) is 137 cm³/mol. The highest BCUT2D eigenvalue weighted by Crippen LogP contribution is 2.19. The molecule has 1 heterocycles. The first-order valence-corrected chi connectivity index (χ1v) is 11.8. The number of hydrogen-bond donors (Lipinski definition) is 2. The standard InChI is InChI=1S/C28H28ClN3O2/c1-32-25-12-6-5-11-22(25)19-26(32)28(34)31-24(18-21-13-15-23(29)16-14-21)27(33)30-17-7-10-20-8-3-2-4-9-20/h2-6,8-9,11-16,19,24H,7,10,17-18H2,1H3,(H,30,33)(H,31,34)/t24-/m0/s1. The van der Waals surface area contributed by atoms with Crippen molar-refractivity contribution in [1.29, 1.82) is 0 Å². The van der Waals surface area contributed by atoms with Crippen LogP contribution in [-0.2, 0) is 24.7 Å². The first-order chi connectivity index (χ1) is 16.5. The number of amides is 2. The lowest BCUT2D eigenvalue weighted by Gasteiger charge is -2.19. The molecule has 34 heavy (non-hydrogen) atoms. The summed E-state index contributed by atoms with van der Waals surface area (Å²) in [6.07, 6.45) is 2.07. The second kappa shape index (κ2) is 11.0. The van der Waals surface area contributed by atoms with Crippen molar-refractivity contribution in [1.82, 2.24) is 15.2 Å². The van der Waals surface area contributed by atoms with Crippen LogP contribution in [0.5, 0.6) is 0 Å². The lowest BCUT2D eigenvalue weighted by Crippen LogP contribution is -2.48. The van der Waals surface area contributed by atoms with Crippen LogP contribution in [0.2, 0.25) is 5.02 Å². The van der Waals surface area contributed by atoms with Crippen LogP contribution < -0.4 is 10.6 Å². The number of rotatable bonds is 9. The Bertz CT molecular complexity index is 1270. The van der Waals surface area contributed by atoms with E-state index >= 15 is 0 Å². The number of nitrogens with zero attached hydrogens (tertiary/aromatic N) is 1. The second-order valence-electron chi connectivity index (χ2n) is 8.38. The summed E-state index contributed by atoms with van der Waals surface area (Å²) in [5, 5.41) is 7.56. The van der Waals surface area contributed by atoms with Gasteiger partial charge in [0, 0.05) is 35.9 Å². The Morgan fingerprint density at radius 2 is 1.62 bits per heavy atom. The van der Waals surface area contributed by atoms with Crippen LogP contribution in [-0.4, -0.2) is 29.0 Å². The topological polar surface area (TPSA) is 63.1 Å². The van der Waals surface area contributed by atoms with Crippen LogP contribution in [0.4, 0.5) is 0 Å². The van der Waals surface area contributed by atoms with E-state index < -0.39 is 6.04 Å². The van der Waals surface area contributed by atoms with Gasteiger partial charge >= 0.3 is 0 Å². The molecule has 4 rings (SSSR count). The Morgan fingerprint density at radius 1 is 0.912 bits per heavy atom. The number of hydrogen-bond acceptors (Lipinski definition) is 2. The fourth-order valence-corrected chi connectivity index (χ4v) is 4.20. The summed E-state index contributed by atoms with van der Waals surface area (Å²) in [5.74, 6) is -0.479. The van der Waals surface area contributed by atoms with Crippen LogP contribution in [0.15, 0.2) is 84.9 Å². The maximum absolute atomic E-state index is 13.2. The summed E-state index contributed by atoms with van der Waals surface area (Å²) in [6.45, 7) is 0.536. The van der Waals surface area contributed by atoms with Crippen LogP contribution in [0.3, 0.4) is 0 Å². The van der Waals surface area contributed by atoms with E-state index in [1.807, 2.05) is 72.3 Å². The van der Waals surface area contributed by atoms with Crippen molar-refractivity contribution in [3.63, 3.8) is 0 Å². The number of aromatic nitrogens is 1. The largest absolute Gasteiger partial charge is 0.354 e. The third-order valence-electron chi connectivity index (χ3n) is 5.94. The molecule has 0 radical (unpaired) electrons. The molecule has 1 aromatic heterocycles. The minimum atomic E-state index is -0.705. The normalized spacial score (nSPS) is 11.8. The molecule has 2 N–H and O–H groups in total. The molecule has 0 bridgehead atoms. The number of para-hydroxylation sites is 1. The zero-order valence-electron chi connectivity index (χ0n) is 19.1. The van der Waals surface area contributed by atoms with Crippen LogP contribution in [0.25, 0.3) is 10.9 Å². The quantitative estimate of drug-likeness (QED) is 0.339. The Kier molecular flexibility index (Phi) is 7.65. The van der Waals surface area contributed by atoms with Crippen molar-refractivity contribution in [2.45, 2.75) is 25.3 Å². The van der Waals surface area contributed by atoms with E-state index in [1.54, 1.807) is 12.1 Å². The number of fused-ring (bicyclic) bond motifs is 1. The lowest BCUT2D eigenvalue weighted by atomic mass is 10.0. The second-order valence-corrected chi connectivity index (χ2v) is 8.82. The summed E-state index contributed by atoms with van der Waals surface area (Å²) in [6, 6.07) is 26.5. The van der Waals surface area contributed by atoms with Crippen molar-refractivity contribution in [3.05, 3.63) is 107 Å². The molecule has 5 nitrogen and oxygen atoms in total. The van der Waals surface area contributed by atoms with Crippen molar-refractivity contribution in [2.24, 2.45) is 7.05 Å². The molecule has 0 fully saturated rings. The molecule has 0 aliphatic heterocycles. The molecular weight excluding hydrogens is 446 g/mol. The van der Waals surface area contributed by atoms with E-state index in [1.165, 1.54) is 5.56 Å². The van der Waals surface area contributed by atoms with Crippen LogP contribution >= 0.6 is 11.6 Å². The van der Waals surface area contributed by atoms with Gasteiger partial charge in [-0.05, 0) is 48.2 Å². The fraction of sp³-hybridized carbons (Fsp3) is 0.214. The van der Waals surface area contributed by atoms with E-state index in [9.17, 15) is 9.59 Å². The lowest BCUT2D eigenvalue weighted by molar-refractivity contribution is -0.122. The number of benzene rings is 3. The molecule has 2 amide bonds. The summed E-state index contributed by atoms with van der Waals surface area (Å²) >= 11 is 6.01. The molecule has 4 aromatic rings. The maximum atomic E-state index is 13.2. The van der Waals surface area contributed by atoms with E-state index in [-0.39, 0.29) is 11.8 Å². The zero-order chi connectivity index (χ0) is 23.9. The Balaban J connectivity index is 1.45. The van der Waals surface area contributed by atoms with E-state index in [0.29, 0.717) is 23.7 Å². The van der Waals surface area contributed by atoms with Gasteiger partial charge < -0.3 is 15.2 Å². The van der Waals surface area contributed by atoms with Gasteiger partial charge in [0.15, 0.2) is 0 Å². The third kappa shape index (κ3) is 5.86. The van der Waals surface area contributed by atoms with Gasteiger partial charge in [0.05, 0.1) is 0 Å². The van der Waals surface area contributed by atoms with Gasteiger partial charge in [0.25, 0.3) is 5.91 Å². The van der Waals surface area contributed by atoms with Crippen molar-refractivity contribution in [2.75, 3.05) is 6.54 Å². The third-order valence-corrected chi connectivity index (χ3v) is 6.20. The van der Waals surface area contributed by atoms with Crippen molar-refractivity contribution >= 4 is 34.3 Å². The molecule has 1 atom stereocenters. The molecule has 0 aliphatic rings. The summed E-state index contributed by atoms with van der Waals surface area (Å²) in [4.78, 5) is 26.3. The SMILES string of the molecule is Cn1c(C(=O)N[C@@H](Cc2ccc(Cl)cc2)C(=O)NCCCc2ccccc2)cc2ccccc21. The van der Waals surface area contributed by atoms with Gasteiger partial charge in [-0.2, -0.15) is 0 Å². The summed E-state index contributed by atoms with van der Waals surface area (Å²) < 4.78 is 1.85. The average molecular weight is 474 g/mol. The summed E-state index contributed by atoms with van der Waals surface area (Å²) in [5.41, 5.74) is 3.64.